The molecule has 0 aliphatic heterocycles. The van der Waals surface area contributed by atoms with Crippen molar-refractivity contribution in [2.75, 3.05) is 6.54 Å². The van der Waals surface area contributed by atoms with E-state index >= 15 is 0 Å². The topological polar surface area (TPSA) is 72.9 Å². The Bertz CT molecular complexity index is 937. The Labute approximate surface area is 173 Å². The first-order valence-electron chi connectivity index (χ1n) is 7.65. The quantitative estimate of drug-likeness (QED) is 0.566. The van der Waals surface area contributed by atoms with Gasteiger partial charge in [0.15, 0.2) is 0 Å². The molecule has 3 N–H and O–H groups in total. The van der Waals surface area contributed by atoms with Crippen molar-refractivity contribution in [2.24, 2.45) is 12.8 Å². The van der Waals surface area contributed by atoms with Crippen molar-refractivity contribution >= 4 is 56.4 Å². The van der Waals surface area contributed by atoms with E-state index in [0.29, 0.717) is 14.2 Å². The van der Waals surface area contributed by atoms with Gasteiger partial charge in [0, 0.05) is 24.2 Å². The molecule has 136 valence electrons. The lowest BCUT2D eigenvalue weighted by Gasteiger charge is -2.18. The van der Waals surface area contributed by atoms with Crippen LogP contribution in [0.4, 0.5) is 0 Å². The molecule has 1 atom stereocenters. The number of benzene rings is 1. The zero-order valence-corrected chi connectivity index (χ0v) is 17.6. The van der Waals surface area contributed by atoms with Crippen LogP contribution in [0.15, 0.2) is 41.0 Å². The second-order valence-electron chi connectivity index (χ2n) is 5.55. The summed E-state index contributed by atoms with van der Waals surface area (Å²) >= 11 is 17.2. The fourth-order valence-corrected chi connectivity index (χ4v) is 4.62. The Kier molecular flexibility index (Phi) is 6.04. The number of thiophene rings is 1. The van der Waals surface area contributed by atoms with Crippen LogP contribution in [0, 0.1) is 0 Å². The van der Waals surface area contributed by atoms with E-state index in [9.17, 15) is 4.79 Å². The minimum absolute atomic E-state index is 0.231. The van der Waals surface area contributed by atoms with Crippen LogP contribution >= 0.6 is 50.5 Å². The molecular weight excluding hydrogens is 459 g/mol. The van der Waals surface area contributed by atoms with Gasteiger partial charge in [-0.25, -0.2) is 0 Å². The molecule has 0 radical (unpaired) electrons. The molecule has 26 heavy (non-hydrogen) atoms. The average molecular weight is 474 g/mol. The van der Waals surface area contributed by atoms with E-state index < -0.39 is 0 Å². The number of hydrogen-bond donors (Lipinski definition) is 2. The predicted molar refractivity (Wildman–Crippen MR) is 110 cm³/mol. The molecule has 0 aliphatic rings. The molecule has 1 unspecified atom stereocenters. The van der Waals surface area contributed by atoms with Gasteiger partial charge in [-0.1, -0.05) is 41.4 Å². The minimum Gasteiger partial charge on any atom is -0.343 e. The zero-order chi connectivity index (χ0) is 18.8. The van der Waals surface area contributed by atoms with Gasteiger partial charge < -0.3 is 11.1 Å². The molecule has 0 fully saturated rings. The van der Waals surface area contributed by atoms with Crippen LogP contribution in [0.5, 0.6) is 0 Å². The van der Waals surface area contributed by atoms with Gasteiger partial charge in [-0.15, -0.1) is 11.3 Å². The summed E-state index contributed by atoms with van der Waals surface area (Å²) in [5.41, 5.74) is 8.18. The molecule has 0 aliphatic carbocycles. The predicted octanol–water partition coefficient (Wildman–Crippen LogP) is 4.65. The Hall–Kier alpha value is -1.38. The number of halogens is 3. The van der Waals surface area contributed by atoms with E-state index in [-0.39, 0.29) is 18.5 Å². The third-order valence-electron chi connectivity index (χ3n) is 3.88. The monoisotopic (exact) mass is 472 g/mol. The number of hydrogen-bond acceptors (Lipinski definition) is 4. The highest BCUT2D eigenvalue weighted by molar-refractivity contribution is 9.10. The van der Waals surface area contributed by atoms with Gasteiger partial charge in [0.05, 0.1) is 27.3 Å². The number of amides is 1. The first-order valence-corrected chi connectivity index (χ1v) is 10.0. The molecule has 1 amide bonds. The van der Waals surface area contributed by atoms with Crippen LogP contribution in [0.3, 0.4) is 0 Å². The molecule has 0 bridgehead atoms. The second kappa shape index (κ2) is 8.10. The van der Waals surface area contributed by atoms with E-state index in [1.54, 1.807) is 23.0 Å². The van der Waals surface area contributed by atoms with Gasteiger partial charge in [0.1, 0.15) is 4.34 Å². The number of nitrogens with zero attached hydrogens (tertiary/aromatic N) is 2. The first kappa shape index (κ1) is 19.4. The fourth-order valence-electron chi connectivity index (χ4n) is 2.61. The highest BCUT2D eigenvalue weighted by atomic mass is 79.9. The van der Waals surface area contributed by atoms with Crippen molar-refractivity contribution in [3.8, 4) is 11.3 Å². The van der Waals surface area contributed by atoms with Crippen molar-refractivity contribution < 1.29 is 4.79 Å². The molecule has 0 saturated carbocycles. The number of rotatable bonds is 5. The van der Waals surface area contributed by atoms with E-state index in [0.717, 1.165) is 21.3 Å². The van der Waals surface area contributed by atoms with Crippen LogP contribution in [0.1, 0.15) is 21.3 Å². The van der Waals surface area contributed by atoms with Crippen LogP contribution in [0.2, 0.25) is 9.36 Å². The van der Waals surface area contributed by atoms with E-state index in [4.69, 9.17) is 28.9 Å². The number of nitrogens with two attached hydrogens (primary N) is 1. The number of carbonyl (C=O) groups excluding carboxylic acids is 1. The standard InChI is InChI=1S/C17H15BrCl2N4OS/c1-24-15(11(18)8-22-24)10-6-14(26-16(10)20)17(25)23-13(7-21)9-4-2-3-5-12(9)19/h2-6,8,13H,7,21H2,1H3,(H,23,25). The second-order valence-corrected chi connectivity index (χ2v) is 8.46. The van der Waals surface area contributed by atoms with Gasteiger partial charge in [-0.2, -0.15) is 5.10 Å². The van der Waals surface area contributed by atoms with Gasteiger partial charge in [-0.05, 0) is 33.6 Å². The van der Waals surface area contributed by atoms with Crippen molar-refractivity contribution in [1.82, 2.24) is 15.1 Å². The summed E-state index contributed by atoms with van der Waals surface area (Å²) in [4.78, 5) is 13.2. The molecule has 0 spiro atoms. The Balaban J connectivity index is 1.87. The van der Waals surface area contributed by atoms with Crippen LogP contribution in [0.25, 0.3) is 11.3 Å². The molecule has 2 heterocycles. The lowest BCUT2D eigenvalue weighted by molar-refractivity contribution is 0.0942. The van der Waals surface area contributed by atoms with Crippen LogP contribution in [-0.2, 0) is 7.05 Å². The molecule has 3 aromatic rings. The van der Waals surface area contributed by atoms with E-state index in [1.807, 2.05) is 25.2 Å². The molecule has 1 aromatic carbocycles. The highest BCUT2D eigenvalue weighted by Gasteiger charge is 2.22. The fraction of sp³-hybridized carbons (Fsp3) is 0.176. The summed E-state index contributed by atoms with van der Waals surface area (Å²) in [6.07, 6.45) is 1.69. The Morgan fingerprint density at radius 1 is 1.42 bits per heavy atom. The summed E-state index contributed by atoms with van der Waals surface area (Å²) in [6.45, 7) is 0.231. The van der Waals surface area contributed by atoms with Crippen molar-refractivity contribution in [1.29, 1.82) is 0 Å². The summed E-state index contributed by atoms with van der Waals surface area (Å²) in [5, 5.41) is 7.67. The van der Waals surface area contributed by atoms with E-state index in [2.05, 4.69) is 26.3 Å². The van der Waals surface area contributed by atoms with Crippen LogP contribution in [-0.4, -0.2) is 22.2 Å². The molecular formula is C17H15BrCl2N4OS. The van der Waals surface area contributed by atoms with Gasteiger partial charge >= 0.3 is 0 Å². The first-order chi connectivity index (χ1) is 12.4. The minimum atomic E-state index is -0.385. The third kappa shape index (κ3) is 3.82. The summed E-state index contributed by atoms with van der Waals surface area (Å²) in [5.74, 6) is -0.253. The highest BCUT2D eigenvalue weighted by Crippen LogP contribution is 2.39. The van der Waals surface area contributed by atoms with Gasteiger partial charge in [-0.3, -0.25) is 9.48 Å². The Morgan fingerprint density at radius 2 is 2.15 bits per heavy atom. The maximum Gasteiger partial charge on any atom is 0.261 e. The maximum absolute atomic E-state index is 12.7. The molecule has 5 nitrogen and oxygen atoms in total. The van der Waals surface area contributed by atoms with Crippen LogP contribution < -0.4 is 11.1 Å². The van der Waals surface area contributed by atoms with Crippen molar-refractivity contribution in [3.63, 3.8) is 0 Å². The SMILES string of the molecule is Cn1ncc(Br)c1-c1cc(C(=O)NC(CN)c2ccccc2Cl)sc1Cl. The average Bonchev–Trinajstić information content (AvgIpc) is 3.15. The largest absolute Gasteiger partial charge is 0.343 e. The number of aromatic nitrogens is 2. The number of nitrogens with one attached hydrogen (secondary N) is 1. The van der Waals surface area contributed by atoms with Crippen molar-refractivity contribution in [3.05, 3.63) is 60.8 Å². The molecule has 9 heteroatoms. The van der Waals surface area contributed by atoms with Crippen molar-refractivity contribution in [2.45, 2.75) is 6.04 Å². The number of carbonyl (C=O) groups is 1. The maximum atomic E-state index is 12.7. The summed E-state index contributed by atoms with van der Waals surface area (Å²) < 4.78 is 3.02. The summed E-state index contributed by atoms with van der Waals surface area (Å²) in [7, 11) is 1.82. The zero-order valence-electron chi connectivity index (χ0n) is 13.7. The third-order valence-corrected chi connectivity index (χ3v) is 6.16. The van der Waals surface area contributed by atoms with Gasteiger partial charge in [0.2, 0.25) is 0 Å². The summed E-state index contributed by atoms with van der Waals surface area (Å²) in [6, 6.07) is 8.67. The van der Waals surface area contributed by atoms with Gasteiger partial charge in [0.25, 0.3) is 5.91 Å². The molecule has 0 saturated heterocycles. The lowest BCUT2D eigenvalue weighted by Crippen LogP contribution is -2.33. The number of aryl methyl sites for hydroxylation is 1. The Morgan fingerprint density at radius 3 is 2.77 bits per heavy atom. The smallest absolute Gasteiger partial charge is 0.261 e. The lowest BCUT2D eigenvalue weighted by atomic mass is 10.1. The van der Waals surface area contributed by atoms with E-state index in [1.165, 1.54) is 11.3 Å². The molecule has 3 rings (SSSR count). The normalized spacial score (nSPS) is 12.2. The molecule has 2 aromatic heterocycles.